The fourth-order valence-corrected chi connectivity index (χ4v) is 1.68. The van der Waals surface area contributed by atoms with Gasteiger partial charge in [-0.2, -0.15) is 5.26 Å². The molecule has 80 valence electrons. The molecule has 0 bridgehead atoms. The number of nitrogens with zero attached hydrogens (tertiary/aromatic N) is 1. The summed E-state index contributed by atoms with van der Waals surface area (Å²) >= 11 is 1.49. The van der Waals surface area contributed by atoms with Gasteiger partial charge in [0.15, 0.2) is 0 Å². The largest absolute Gasteiger partial charge is 0.368 e. The predicted molar refractivity (Wildman–Crippen MR) is 59.1 cm³/mol. The first-order valence-electron chi connectivity index (χ1n) is 4.48. The molecule has 0 aromatic carbocycles. The van der Waals surface area contributed by atoms with Crippen molar-refractivity contribution < 1.29 is 4.79 Å². The Hall–Kier alpha value is -1.38. The lowest BCUT2D eigenvalue weighted by Crippen LogP contribution is -2.50. The third-order valence-corrected chi connectivity index (χ3v) is 3.04. The lowest BCUT2D eigenvalue weighted by atomic mass is 10.1. The first-order chi connectivity index (χ1) is 6.95. The van der Waals surface area contributed by atoms with Gasteiger partial charge in [0.25, 0.3) is 0 Å². The van der Waals surface area contributed by atoms with Gasteiger partial charge < -0.3 is 5.73 Å². The minimum atomic E-state index is -0.725. The van der Waals surface area contributed by atoms with Crippen molar-refractivity contribution in [3.63, 3.8) is 0 Å². The number of amides is 1. The number of rotatable bonds is 4. The maximum Gasteiger partial charge on any atom is 0.237 e. The quantitative estimate of drug-likeness (QED) is 0.798. The number of hydrogen-bond acceptors (Lipinski definition) is 4. The summed E-state index contributed by atoms with van der Waals surface area (Å²) in [4.78, 5) is 12.0. The van der Waals surface area contributed by atoms with E-state index in [0.29, 0.717) is 12.1 Å². The van der Waals surface area contributed by atoms with E-state index in [1.807, 2.05) is 0 Å². The molecule has 3 N–H and O–H groups in total. The number of nitrogens with one attached hydrogen (secondary N) is 1. The zero-order valence-electron chi connectivity index (χ0n) is 8.70. The van der Waals surface area contributed by atoms with E-state index < -0.39 is 5.54 Å². The van der Waals surface area contributed by atoms with Crippen LogP contribution < -0.4 is 11.1 Å². The van der Waals surface area contributed by atoms with E-state index in [-0.39, 0.29) is 5.91 Å². The van der Waals surface area contributed by atoms with Crippen LogP contribution in [0.25, 0.3) is 0 Å². The molecule has 0 saturated carbocycles. The van der Waals surface area contributed by atoms with Gasteiger partial charge in [0.1, 0.15) is 6.07 Å². The van der Waals surface area contributed by atoms with E-state index in [1.54, 1.807) is 25.3 Å². The fraction of sp³-hybridized carbons (Fsp3) is 0.400. The maximum absolute atomic E-state index is 11.0. The van der Waals surface area contributed by atoms with Crippen LogP contribution in [0.1, 0.15) is 24.3 Å². The molecule has 0 saturated heterocycles. The van der Waals surface area contributed by atoms with E-state index in [9.17, 15) is 4.79 Å². The van der Waals surface area contributed by atoms with Crippen molar-refractivity contribution in [2.24, 2.45) is 5.73 Å². The zero-order chi connectivity index (χ0) is 11.5. The van der Waals surface area contributed by atoms with E-state index in [1.165, 1.54) is 11.3 Å². The minimum absolute atomic E-state index is 0.389. The molecule has 0 radical (unpaired) electrons. The second-order valence-corrected chi connectivity index (χ2v) is 4.75. The minimum Gasteiger partial charge on any atom is -0.368 e. The standard InChI is InChI=1S/C10H13N3OS/c1-10(2,9(12)14)13-5-8-3-7(4-11)6-15-8/h3,6,13H,5H2,1-2H3,(H2,12,14). The summed E-state index contributed by atoms with van der Waals surface area (Å²) in [6.45, 7) is 4.00. The lowest BCUT2D eigenvalue weighted by Gasteiger charge is -2.21. The molecule has 1 rings (SSSR count). The normalized spacial score (nSPS) is 11.0. The summed E-state index contributed by atoms with van der Waals surface area (Å²) in [6.07, 6.45) is 0. The number of primary amides is 1. The Morgan fingerprint density at radius 1 is 1.73 bits per heavy atom. The summed E-state index contributed by atoms with van der Waals surface area (Å²) < 4.78 is 0. The Balaban J connectivity index is 2.58. The highest BCUT2D eigenvalue weighted by atomic mass is 32.1. The van der Waals surface area contributed by atoms with Crippen molar-refractivity contribution in [1.82, 2.24) is 5.32 Å². The molecule has 0 unspecified atom stereocenters. The van der Waals surface area contributed by atoms with Gasteiger partial charge in [0, 0.05) is 16.8 Å². The van der Waals surface area contributed by atoms with Gasteiger partial charge in [-0.05, 0) is 19.9 Å². The van der Waals surface area contributed by atoms with Crippen molar-refractivity contribution in [3.8, 4) is 6.07 Å². The molecule has 1 aromatic heterocycles. The van der Waals surface area contributed by atoms with Crippen molar-refractivity contribution >= 4 is 17.2 Å². The van der Waals surface area contributed by atoms with Crippen LogP contribution in [0, 0.1) is 11.3 Å². The molecule has 0 aliphatic heterocycles. The number of nitrogens with two attached hydrogens (primary N) is 1. The van der Waals surface area contributed by atoms with Crippen molar-refractivity contribution in [1.29, 1.82) is 5.26 Å². The molecule has 4 nitrogen and oxygen atoms in total. The van der Waals surface area contributed by atoms with Crippen LogP contribution in [0.5, 0.6) is 0 Å². The molecule has 0 atom stereocenters. The van der Waals surface area contributed by atoms with Crippen molar-refractivity contribution in [2.45, 2.75) is 25.9 Å². The van der Waals surface area contributed by atoms with E-state index in [4.69, 9.17) is 11.0 Å². The molecular formula is C10H13N3OS. The van der Waals surface area contributed by atoms with Crippen molar-refractivity contribution in [3.05, 3.63) is 21.9 Å². The van der Waals surface area contributed by atoms with Crippen LogP contribution >= 0.6 is 11.3 Å². The summed E-state index contributed by atoms with van der Waals surface area (Å²) in [5.74, 6) is -0.389. The third kappa shape index (κ3) is 3.05. The lowest BCUT2D eigenvalue weighted by molar-refractivity contribution is -0.123. The Bertz CT molecular complexity index is 403. The Morgan fingerprint density at radius 3 is 2.87 bits per heavy atom. The third-order valence-electron chi connectivity index (χ3n) is 2.10. The summed E-state index contributed by atoms with van der Waals surface area (Å²) in [7, 11) is 0. The number of hydrogen-bond donors (Lipinski definition) is 2. The molecule has 0 aliphatic carbocycles. The van der Waals surface area contributed by atoms with Gasteiger partial charge in [0.05, 0.1) is 11.1 Å². The Morgan fingerprint density at radius 2 is 2.40 bits per heavy atom. The SMILES string of the molecule is CC(C)(NCc1cc(C#N)cs1)C(N)=O. The van der Waals surface area contributed by atoms with E-state index in [2.05, 4.69) is 11.4 Å². The van der Waals surface area contributed by atoms with Gasteiger partial charge >= 0.3 is 0 Å². The molecule has 0 fully saturated rings. The fourth-order valence-electron chi connectivity index (χ4n) is 0.927. The number of thiophene rings is 1. The van der Waals surface area contributed by atoms with Gasteiger partial charge in [-0.15, -0.1) is 11.3 Å². The van der Waals surface area contributed by atoms with Crippen LogP contribution in [-0.4, -0.2) is 11.4 Å². The van der Waals surface area contributed by atoms with Crippen LogP contribution in [0.15, 0.2) is 11.4 Å². The van der Waals surface area contributed by atoms with Gasteiger partial charge in [-0.1, -0.05) is 0 Å². The zero-order valence-corrected chi connectivity index (χ0v) is 9.52. The monoisotopic (exact) mass is 223 g/mol. The second-order valence-electron chi connectivity index (χ2n) is 3.76. The molecule has 5 heteroatoms. The summed E-state index contributed by atoms with van der Waals surface area (Å²) in [6, 6.07) is 3.86. The highest BCUT2D eigenvalue weighted by Gasteiger charge is 2.23. The Labute approximate surface area is 92.7 Å². The van der Waals surface area contributed by atoms with Gasteiger partial charge in [-0.3, -0.25) is 10.1 Å². The summed E-state index contributed by atoms with van der Waals surface area (Å²) in [5, 5.41) is 13.5. The van der Waals surface area contributed by atoms with Crippen LogP contribution in [0.4, 0.5) is 0 Å². The molecule has 0 aliphatic rings. The molecule has 0 spiro atoms. The predicted octanol–water partition coefficient (Wildman–Crippen LogP) is 0.973. The molecule has 1 aromatic rings. The average Bonchev–Trinajstić information content (AvgIpc) is 2.62. The van der Waals surface area contributed by atoms with Crippen molar-refractivity contribution in [2.75, 3.05) is 0 Å². The maximum atomic E-state index is 11.0. The van der Waals surface area contributed by atoms with Gasteiger partial charge in [0.2, 0.25) is 5.91 Å². The average molecular weight is 223 g/mol. The topological polar surface area (TPSA) is 78.9 Å². The van der Waals surface area contributed by atoms with E-state index in [0.717, 1.165) is 4.88 Å². The highest BCUT2D eigenvalue weighted by molar-refractivity contribution is 7.10. The second kappa shape index (κ2) is 4.43. The molecule has 15 heavy (non-hydrogen) atoms. The highest BCUT2D eigenvalue weighted by Crippen LogP contribution is 2.14. The van der Waals surface area contributed by atoms with E-state index >= 15 is 0 Å². The number of carbonyl (C=O) groups excluding carboxylic acids is 1. The summed E-state index contributed by atoms with van der Waals surface area (Å²) in [5.41, 5.74) is 5.14. The van der Waals surface area contributed by atoms with Crippen LogP contribution in [0.2, 0.25) is 0 Å². The first kappa shape index (κ1) is 11.7. The number of nitriles is 1. The molecule has 1 heterocycles. The van der Waals surface area contributed by atoms with Gasteiger partial charge in [-0.25, -0.2) is 0 Å². The first-order valence-corrected chi connectivity index (χ1v) is 5.36. The smallest absolute Gasteiger partial charge is 0.237 e. The molecular weight excluding hydrogens is 210 g/mol. The van der Waals surface area contributed by atoms with Crippen LogP contribution in [-0.2, 0) is 11.3 Å². The molecule has 1 amide bonds. The Kier molecular flexibility index (Phi) is 3.45. The van der Waals surface area contributed by atoms with Crippen LogP contribution in [0.3, 0.4) is 0 Å². The number of carbonyl (C=O) groups is 1.